The first-order chi connectivity index (χ1) is 25.6. The molecule has 3 aromatic heterocycles. The summed E-state index contributed by atoms with van der Waals surface area (Å²) in [4.78, 5) is 36.7. The summed E-state index contributed by atoms with van der Waals surface area (Å²) in [7, 11) is 4.06. The topological polar surface area (TPSA) is 149 Å². The molecule has 0 fully saturated rings. The number of hydrogen-bond donors (Lipinski definition) is 2. The molecule has 0 atom stereocenters. The van der Waals surface area contributed by atoms with Crippen LogP contribution in [0.5, 0.6) is 0 Å². The van der Waals surface area contributed by atoms with E-state index in [9.17, 15) is 14.4 Å². The normalized spacial score (nSPS) is 9.75. The Bertz CT molecular complexity index is 2070. The van der Waals surface area contributed by atoms with E-state index in [1.165, 1.54) is 21.3 Å². The molecule has 0 bridgehead atoms. The second-order valence-electron chi connectivity index (χ2n) is 10.7. The minimum Gasteiger partial charge on any atom is -0.464 e. The number of aliphatic hydroxyl groups is 1. The largest absolute Gasteiger partial charge is 0.464 e. The number of benzene rings is 3. The molecule has 2 N–H and O–H groups in total. The van der Waals surface area contributed by atoms with Crippen LogP contribution in [0.15, 0.2) is 137 Å². The van der Waals surface area contributed by atoms with Crippen molar-refractivity contribution >= 4 is 49.8 Å². The van der Waals surface area contributed by atoms with Crippen molar-refractivity contribution in [1.29, 1.82) is 5.26 Å². The van der Waals surface area contributed by atoms with Gasteiger partial charge < -0.3 is 33.4 Å². The number of nitriles is 1. The molecule has 0 aliphatic heterocycles. The number of esters is 3. The van der Waals surface area contributed by atoms with Crippen molar-refractivity contribution in [2.75, 3.05) is 21.3 Å². The van der Waals surface area contributed by atoms with Crippen molar-refractivity contribution in [3.05, 3.63) is 176 Å². The molecule has 0 spiro atoms. The van der Waals surface area contributed by atoms with Crippen LogP contribution in [0.4, 0.5) is 0 Å². The van der Waals surface area contributed by atoms with Crippen LogP contribution in [0.3, 0.4) is 0 Å². The fraction of sp³-hybridized carbons (Fsp3) is 0.150. The second-order valence-corrected chi connectivity index (χ2v) is 12.4. The Morgan fingerprint density at radius 1 is 0.623 bits per heavy atom. The van der Waals surface area contributed by atoms with Crippen LogP contribution < -0.4 is 0 Å². The van der Waals surface area contributed by atoms with E-state index in [0.29, 0.717) is 35.9 Å². The van der Waals surface area contributed by atoms with Crippen LogP contribution in [-0.4, -0.2) is 58.5 Å². The highest BCUT2D eigenvalue weighted by atomic mass is 79.9. The maximum Gasteiger partial charge on any atom is 0.354 e. The van der Waals surface area contributed by atoms with Gasteiger partial charge >= 0.3 is 17.9 Å². The number of rotatable bonds is 8. The van der Waals surface area contributed by atoms with Crippen LogP contribution in [0.1, 0.15) is 53.8 Å². The summed E-state index contributed by atoms with van der Waals surface area (Å²) in [5.41, 5.74) is 4.95. The van der Waals surface area contributed by atoms with Crippen molar-refractivity contribution in [2.24, 2.45) is 0 Å². The standard InChI is InChI=1S/C14H12N2O2.C13H12BrNO2.C7H8O.C6H6BrNO2/c1-18-14(17)13-8-7-12(9-15)16(13)10-11-5-3-2-4-6-11;1-17-13(16)11-7-8-12(14)15(11)9-10-5-3-2-4-6-10;8-6-7-4-2-1-3-5-7;1-10-6(9)4-2-3-5(7)8-4/h2-8H,10H2,1H3;2-8H,9H2,1H3;1-5,8H,6H2;2-3,8H,1H3. The van der Waals surface area contributed by atoms with E-state index < -0.39 is 5.97 Å². The van der Waals surface area contributed by atoms with Crippen LogP contribution in [0, 0.1) is 11.3 Å². The first kappa shape index (κ1) is 41.7. The van der Waals surface area contributed by atoms with Gasteiger partial charge in [0.2, 0.25) is 0 Å². The maximum absolute atomic E-state index is 11.6. The fourth-order valence-corrected chi connectivity index (χ4v) is 5.41. The van der Waals surface area contributed by atoms with E-state index in [-0.39, 0.29) is 18.5 Å². The molecule has 6 rings (SSSR count). The lowest BCUT2D eigenvalue weighted by Gasteiger charge is -2.09. The summed E-state index contributed by atoms with van der Waals surface area (Å²) in [6.07, 6.45) is 0. The predicted octanol–water partition coefficient (Wildman–Crippen LogP) is 8.02. The molecule has 0 aliphatic carbocycles. The Kier molecular flexibility index (Phi) is 17.6. The number of hydrogen-bond acceptors (Lipinski definition) is 8. The second kappa shape index (κ2) is 22.3. The van der Waals surface area contributed by atoms with Crippen molar-refractivity contribution in [3.8, 4) is 6.07 Å². The highest BCUT2D eigenvalue weighted by Crippen LogP contribution is 2.19. The van der Waals surface area contributed by atoms with Crippen molar-refractivity contribution in [1.82, 2.24) is 14.1 Å². The van der Waals surface area contributed by atoms with E-state index in [2.05, 4.69) is 47.6 Å². The van der Waals surface area contributed by atoms with Crippen LogP contribution in [0.2, 0.25) is 0 Å². The first-order valence-electron chi connectivity index (χ1n) is 15.9. The lowest BCUT2D eigenvalue weighted by atomic mass is 10.2. The number of halogens is 2. The molecular formula is C40H38Br2N4O7. The van der Waals surface area contributed by atoms with Gasteiger partial charge in [-0.05, 0) is 84.9 Å². The quantitative estimate of drug-likeness (QED) is 0.116. The fourth-order valence-electron chi connectivity index (χ4n) is 4.62. The predicted molar refractivity (Wildman–Crippen MR) is 207 cm³/mol. The molecule has 6 aromatic rings. The molecule has 3 heterocycles. The zero-order valence-corrected chi connectivity index (χ0v) is 32.4. The lowest BCUT2D eigenvalue weighted by Crippen LogP contribution is -2.12. The molecule has 0 radical (unpaired) electrons. The molecule has 0 saturated heterocycles. The number of nitrogens with zero attached hydrogens (tertiary/aromatic N) is 3. The SMILES string of the molecule is COC(=O)c1ccc(Br)[nH]1.COC(=O)c1ccc(Br)n1Cc1ccccc1.COC(=O)c1ccc(C#N)n1Cc1ccccc1.OCc1ccccc1. The molecule has 274 valence electrons. The first-order valence-corrected chi connectivity index (χ1v) is 17.5. The number of aromatic amines is 1. The Morgan fingerprint density at radius 2 is 1.08 bits per heavy atom. The molecular weight excluding hydrogens is 808 g/mol. The Labute approximate surface area is 324 Å². The number of aromatic nitrogens is 3. The Morgan fingerprint density at radius 3 is 1.49 bits per heavy atom. The highest BCUT2D eigenvalue weighted by molar-refractivity contribution is 9.10. The van der Waals surface area contributed by atoms with E-state index in [0.717, 1.165) is 25.9 Å². The lowest BCUT2D eigenvalue weighted by molar-refractivity contribution is 0.0580. The summed E-state index contributed by atoms with van der Waals surface area (Å²) < 4.78 is 19.1. The summed E-state index contributed by atoms with van der Waals surface area (Å²) in [6.45, 7) is 1.25. The van der Waals surface area contributed by atoms with Gasteiger partial charge in [-0.25, -0.2) is 14.4 Å². The van der Waals surface area contributed by atoms with Gasteiger partial charge in [-0.15, -0.1) is 0 Å². The number of ether oxygens (including phenoxy) is 3. The van der Waals surface area contributed by atoms with Gasteiger partial charge in [0.1, 0.15) is 28.8 Å². The van der Waals surface area contributed by atoms with E-state index in [1.54, 1.807) is 34.9 Å². The zero-order valence-electron chi connectivity index (χ0n) is 29.2. The van der Waals surface area contributed by atoms with Crippen molar-refractivity contribution < 1.29 is 33.7 Å². The Balaban J connectivity index is 0.000000200. The average molecular weight is 847 g/mol. The molecule has 3 aromatic carbocycles. The van der Waals surface area contributed by atoms with Crippen molar-refractivity contribution in [2.45, 2.75) is 19.7 Å². The number of carbonyl (C=O) groups excluding carboxylic acids is 3. The molecule has 0 aliphatic rings. The monoisotopic (exact) mass is 844 g/mol. The van der Waals surface area contributed by atoms with Gasteiger partial charge in [0.05, 0.1) is 37.1 Å². The summed E-state index contributed by atoms with van der Waals surface area (Å²) >= 11 is 6.59. The van der Waals surface area contributed by atoms with E-state index >= 15 is 0 Å². The highest BCUT2D eigenvalue weighted by Gasteiger charge is 2.16. The maximum atomic E-state index is 11.6. The van der Waals surface area contributed by atoms with Crippen LogP contribution in [0.25, 0.3) is 0 Å². The number of H-pyrrole nitrogens is 1. The van der Waals surface area contributed by atoms with Gasteiger partial charge in [0, 0.05) is 13.1 Å². The van der Waals surface area contributed by atoms with Gasteiger partial charge in [-0.3, -0.25) is 0 Å². The molecule has 53 heavy (non-hydrogen) atoms. The van der Waals surface area contributed by atoms with Crippen molar-refractivity contribution in [3.63, 3.8) is 0 Å². The molecule has 0 amide bonds. The minimum absolute atomic E-state index is 0.140. The third-order valence-corrected chi connectivity index (χ3v) is 8.41. The molecule has 0 saturated carbocycles. The summed E-state index contributed by atoms with van der Waals surface area (Å²) in [6, 6.07) is 41.4. The smallest absolute Gasteiger partial charge is 0.354 e. The number of carbonyl (C=O) groups is 3. The number of aliphatic hydroxyl groups excluding tert-OH is 1. The molecule has 13 heteroatoms. The minimum atomic E-state index is -0.438. The average Bonchev–Trinajstić information content (AvgIpc) is 3.93. The van der Waals surface area contributed by atoms with Gasteiger partial charge in [-0.2, -0.15) is 5.26 Å². The third-order valence-electron chi connectivity index (χ3n) is 7.26. The van der Waals surface area contributed by atoms with Gasteiger partial charge in [0.25, 0.3) is 0 Å². The van der Waals surface area contributed by atoms with E-state index in [4.69, 9.17) is 19.8 Å². The summed E-state index contributed by atoms with van der Waals surface area (Å²) in [5, 5.41) is 17.6. The summed E-state index contributed by atoms with van der Waals surface area (Å²) in [5.74, 6) is -1.12. The molecule has 11 nitrogen and oxygen atoms in total. The zero-order chi connectivity index (χ0) is 38.6. The van der Waals surface area contributed by atoms with Gasteiger partial charge in [-0.1, -0.05) is 91.0 Å². The van der Waals surface area contributed by atoms with E-state index in [1.807, 2.05) is 102 Å². The number of nitrogens with one attached hydrogen (secondary N) is 1. The number of methoxy groups -OCH3 is 3. The Hall–Kier alpha value is -5.68. The molecule has 0 unspecified atom stereocenters. The van der Waals surface area contributed by atoms with Crippen LogP contribution >= 0.6 is 31.9 Å². The van der Waals surface area contributed by atoms with Crippen LogP contribution in [-0.2, 0) is 33.9 Å². The third kappa shape index (κ3) is 13.1. The van der Waals surface area contributed by atoms with Gasteiger partial charge in [0.15, 0.2) is 0 Å².